The van der Waals surface area contributed by atoms with E-state index in [4.69, 9.17) is 0 Å². The Morgan fingerprint density at radius 1 is 0.857 bits per heavy atom. The highest BCUT2D eigenvalue weighted by molar-refractivity contribution is 5.00. The van der Waals surface area contributed by atoms with Crippen LogP contribution in [0.15, 0.2) is 16.9 Å². The van der Waals surface area contributed by atoms with E-state index < -0.39 is 0 Å². The van der Waals surface area contributed by atoms with Gasteiger partial charge < -0.3 is 0 Å². The van der Waals surface area contributed by atoms with Gasteiger partial charge in [0.25, 0.3) is 0 Å². The first-order valence-corrected chi connectivity index (χ1v) is 2.50. The molecule has 0 rings (SSSR count). The molecule has 0 unspecified atom stereocenters. The molecule has 0 aliphatic carbocycles. The van der Waals surface area contributed by atoms with Gasteiger partial charge in [0.2, 0.25) is 0 Å². The zero-order chi connectivity index (χ0) is 5.86. The average molecular weight is 96.2 g/mol. The molecule has 7 heavy (non-hydrogen) atoms. The molecule has 0 spiro atoms. The fourth-order valence-electron chi connectivity index (χ4n) is 0.500. The molecule has 0 atom stereocenters. The Morgan fingerprint density at radius 3 is 1.14 bits per heavy atom. The summed E-state index contributed by atoms with van der Waals surface area (Å²) in [6, 6.07) is 0. The minimum Gasteiger partial charge on any atom is -0.124 e. The maximum absolute atomic E-state index is 3.14. The molecular weight excluding hydrogens is 84.1 g/mol. The molecule has 40 valence electrons. The molecule has 0 aromatic carbocycles. The smallest absolute Gasteiger partial charge is 0.0346 e. The predicted molar refractivity (Wildman–Crippen MR) is 33.2 cm³/mol. The highest BCUT2D eigenvalue weighted by atomic mass is 13.7. The third-order valence-corrected chi connectivity index (χ3v) is 0.500. The van der Waals surface area contributed by atoms with Crippen LogP contribution >= 0.6 is 0 Å². The van der Waals surface area contributed by atoms with Crippen LogP contribution in [0.4, 0.5) is 0 Å². The van der Waals surface area contributed by atoms with Crippen molar-refractivity contribution in [3.8, 4) is 0 Å². The van der Waals surface area contributed by atoms with E-state index >= 15 is 0 Å². The van der Waals surface area contributed by atoms with Gasteiger partial charge in [-0.3, -0.25) is 0 Å². The van der Waals surface area contributed by atoms with Gasteiger partial charge in [-0.15, -0.1) is 5.73 Å². The first-order valence-electron chi connectivity index (χ1n) is 2.50. The highest BCUT2D eigenvalue weighted by Gasteiger charge is 1.69. The Bertz CT molecular complexity index is 92.0. The summed E-state index contributed by atoms with van der Waals surface area (Å²) in [7, 11) is 0. The van der Waals surface area contributed by atoms with Gasteiger partial charge in [0.15, 0.2) is 0 Å². The molecule has 0 aliphatic rings. The Morgan fingerprint density at radius 2 is 1.14 bits per heavy atom. The minimum absolute atomic E-state index is 1.25. The summed E-state index contributed by atoms with van der Waals surface area (Å²) in [6.07, 6.45) is 0. The van der Waals surface area contributed by atoms with E-state index in [0.717, 1.165) is 0 Å². The third kappa shape index (κ3) is 5.52. The van der Waals surface area contributed by atoms with Crippen LogP contribution in [0.3, 0.4) is 0 Å². The van der Waals surface area contributed by atoms with Crippen molar-refractivity contribution in [3.63, 3.8) is 0 Å². The van der Waals surface area contributed by atoms with Gasteiger partial charge in [-0.25, -0.2) is 0 Å². The molecule has 0 radical (unpaired) electrons. The Kier molecular flexibility index (Phi) is 2.47. The number of allylic oxidation sites excluding steroid dienone is 1. The molecule has 0 N–H and O–H groups in total. The first-order chi connectivity index (χ1) is 3.13. The van der Waals surface area contributed by atoms with Crippen LogP contribution in [0.2, 0.25) is 0 Å². The molecule has 0 aromatic rings. The lowest BCUT2D eigenvalue weighted by atomic mass is 10.3. The van der Waals surface area contributed by atoms with Crippen molar-refractivity contribution < 1.29 is 0 Å². The summed E-state index contributed by atoms with van der Waals surface area (Å²) < 4.78 is 0. The largest absolute Gasteiger partial charge is 0.124 e. The molecule has 0 heteroatoms. The second-order valence-electron chi connectivity index (χ2n) is 2.12. The molecule has 0 aliphatic heterocycles. The fourth-order valence-corrected chi connectivity index (χ4v) is 0.500. The lowest BCUT2D eigenvalue weighted by Gasteiger charge is -1.78. The van der Waals surface area contributed by atoms with E-state index in [9.17, 15) is 0 Å². The lowest BCUT2D eigenvalue weighted by molar-refractivity contribution is 1.34. The van der Waals surface area contributed by atoms with Crippen molar-refractivity contribution in [1.29, 1.82) is 0 Å². The predicted octanol–water partition coefficient (Wildman–Crippen LogP) is 2.52. The second-order valence-corrected chi connectivity index (χ2v) is 2.12. The van der Waals surface area contributed by atoms with Crippen LogP contribution in [-0.2, 0) is 0 Å². The minimum atomic E-state index is 1.25. The van der Waals surface area contributed by atoms with E-state index in [1.165, 1.54) is 11.1 Å². The van der Waals surface area contributed by atoms with Crippen molar-refractivity contribution in [2.24, 2.45) is 0 Å². The zero-order valence-corrected chi connectivity index (χ0v) is 5.50. The van der Waals surface area contributed by atoms with Crippen LogP contribution in [0.5, 0.6) is 0 Å². The van der Waals surface area contributed by atoms with Gasteiger partial charge in [-0.05, 0) is 38.8 Å². The van der Waals surface area contributed by atoms with Crippen molar-refractivity contribution in [2.75, 3.05) is 0 Å². The summed E-state index contributed by atoms with van der Waals surface area (Å²) in [6.45, 7) is 8.19. The standard InChI is InChI=1S/C7H12/c1-6(2)5-7(3)4/h1-4H3. The summed E-state index contributed by atoms with van der Waals surface area (Å²) >= 11 is 0. The molecule has 0 saturated carbocycles. The molecule has 0 heterocycles. The van der Waals surface area contributed by atoms with Crippen LogP contribution < -0.4 is 0 Å². The Balaban J connectivity index is 4.13. The summed E-state index contributed by atoms with van der Waals surface area (Å²) in [4.78, 5) is 0. The van der Waals surface area contributed by atoms with Crippen LogP contribution in [-0.4, -0.2) is 0 Å². The van der Waals surface area contributed by atoms with Crippen LogP contribution in [0, 0.1) is 0 Å². The zero-order valence-electron chi connectivity index (χ0n) is 5.50. The van der Waals surface area contributed by atoms with Gasteiger partial charge in [-0.1, -0.05) is 0 Å². The topological polar surface area (TPSA) is 0 Å². The van der Waals surface area contributed by atoms with E-state index in [2.05, 4.69) is 5.73 Å². The van der Waals surface area contributed by atoms with Crippen molar-refractivity contribution >= 4 is 0 Å². The number of rotatable bonds is 0. The van der Waals surface area contributed by atoms with Gasteiger partial charge >= 0.3 is 0 Å². The fraction of sp³-hybridized carbons (Fsp3) is 0.571. The van der Waals surface area contributed by atoms with Crippen LogP contribution in [0.25, 0.3) is 0 Å². The van der Waals surface area contributed by atoms with E-state index in [1.807, 2.05) is 27.7 Å². The molecule has 0 nitrogen and oxygen atoms in total. The molecule has 0 amide bonds. The van der Waals surface area contributed by atoms with Crippen molar-refractivity contribution in [3.05, 3.63) is 16.9 Å². The summed E-state index contributed by atoms with van der Waals surface area (Å²) in [5, 5.41) is 0. The summed E-state index contributed by atoms with van der Waals surface area (Å²) in [5.41, 5.74) is 5.64. The SMILES string of the molecule is CC(C)=C=C(C)C. The maximum atomic E-state index is 3.14. The van der Waals surface area contributed by atoms with E-state index in [0.29, 0.717) is 0 Å². The van der Waals surface area contributed by atoms with Gasteiger partial charge in [0.05, 0.1) is 0 Å². The first kappa shape index (κ1) is 6.52. The molecule has 0 fully saturated rings. The molecule has 0 bridgehead atoms. The summed E-state index contributed by atoms with van der Waals surface area (Å²) in [5.74, 6) is 0. The van der Waals surface area contributed by atoms with Gasteiger partial charge in [-0.2, -0.15) is 0 Å². The maximum Gasteiger partial charge on any atom is -0.0346 e. The monoisotopic (exact) mass is 96.1 g/mol. The molecular formula is C7H12. The van der Waals surface area contributed by atoms with Gasteiger partial charge in [0.1, 0.15) is 0 Å². The third-order valence-electron chi connectivity index (χ3n) is 0.500. The number of hydrogen-bond donors (Lipinski definition) is 0. The van der Waals surface area contributed by atoms with Crippen LogP contribution in [0.1, 0.15) is 27.7 Å². The number of hydrogen-bond acceptors (Lipinski definition) is 0. The Labute approximate surface area is 45.5 Å². The molecule has 0 saturated heterocycles. The molecule has 0 aromatic heterocycles. The Hall–Kier alpha value is -0.480. The lowest BCUT2D eigenvalue weighted by Crippen LogP contribution is -1.58. The quantitative estimate of drug-likeness (QED) is 0.406. The van der Waals surface area contributed by atoms with Crippen molar-refractivity contribution in [1.82, 2.24) is 0 Å². The van der Waals surface area contributed by atoms with Gasteiger partial charge in [0, 0.05) is 0 Å². The normalized spacial score (nSPS) is 7.43. The van der Waals surface area contributed by atoms with Crippen molar-refractivity contribution in [2.45, 2.75) is 27.7 Å². The van der Waals surface area contributed by atoms with E-state index in [1.54, 1.807) is 0 Å². The average Bonchev–Trinajstić information content (AvgIpc) is 1.27. The highest BCUT2D eigenvalue weighted by Crippen LogP contribution is 1.89. The van der Waals surface area contributed by atoms with E-state index in [-0.39, 0.29) is 0 Å². The second kappa shape index (κ2) is 2.65.